The summed E-state index contributed by atoms with van der Waals surface area (Å²) in [4.78, 5) is 40.3. The number of benzene rings is 3. The van der Waals surface area contributed by atoms with Gasteiger partial charge in [0.05, 0.1) is 21.4 Å². The Bertz CT molecular complexity index is 1450. The molecule has 2 saturated heterocycles. The number of hydrogen-bond acceptors (Lipinski definition) is 5. The summed E-state index contributed by atoms with van der Waals surface area (Å²) in [7, 11) is 0. The quantitative estimate of drug-likeness (QED) is 0.323. The normalized spacial score (nSPS) is 23.3. The second-order valence-electron chi connectivity index (χ2n) is 8.64. The number of aromatic nitrogens is 1. The first-order chi connectivity index (χ1) is 17.5. The Kier molecular flexibility index (Phi) is 5.52. The minimum Gasteiger partial charge on any atom is -0.273 e. The van der Waals surface area contributed by atoms with Gasteiger partial charge in [0.25, 0.3) is 5.91 Å². The van der Waals surface area contributed by atoms with Crippen molar-refractivity contribution in [3.05, 3.63) is 125 Å². The highest BCUT2D eigenvalue weighted by molar-refractivity contribution is 6.42. The van der Waals surface area contributed by atoms with Crippen molar-refractivity contribution >= 4 is 46.4 Å². The predicted molar refractivity (Wildman–Crippen MR) is 138 cm³/mol. The van der Waals surface area contributed by atoms with Crippen LogP contribution in [0.1, 0.15) is 17.2 Å². The number of amides is 2. The number of hydroxylamine groups is 1. The minimum atomic E-state index is -1.37. The van der Waals surface area contributed by atoms with E-state index in [0.717, 1.165) is 16.2 Å². The molecule has 3 unspecified atom stereocenters. The summed E-state index contributed by atoms with van der Waals surface area (Å²) < 4.78 is 0. The van der Waals surface area contributed by atoms with Crippen molar-refractivity contribution in [2.75, 3.05) is 9.96 Å². The number of halogens is 2. The summed E-state index contributed by atoms with van der Waals surface area (Å²) in [6.45, 7) is 0. The molecule has 3 atom stereocenters. The van der Waals surface area contributed by atoms with Gasteiger partial charge in [0.1, 0.15) is 11.5 Å². The molecule has 0 radical (unpaired) electrons. The largest absolute Gasteiger partial charge is 0.273 e. The standard InChI is InChI=1S/C28H19Cl2N3O3/c29-22-12-11-21(17-23(22)30)32-26(34)25-28(27(32)35,19-7-3-1-4-8-19)24(18-13-15-31-16-14-18)33(36-25)20-9-5-2-6-10-20/h1-17,24-25H. The van der Waals surface area contributed by atoms with Crippen LogP contribution in [-0.4, -0.2) is 22.9 Å². The van der Waals surface area contributed by atoms with Crippen molar-refractivity contribution < 1.29 is 14.4 Å². The molecule has 3 heterocycles. The summed E-state index contributed by atoms with van der Waals surface area (Å²) in [5, 5.41) is 2.26. The number of anilines is 2. The Morgan fingerprint density at radius 1 is 0.778 bits per heavy atom. The molecule has 2 aliphatic heterocycles. The van der Waals surface area contributed by atoms with Crippen LogP contribution in [0, 0.1) is 0 Å². The van der Waals surface area contributed by atoms with Crippen molar-refractivity contribution in [1.29, 1.82) is 0 Å². The Morgan fingerprint density at radius 3 is 2.11 bits per heavy atom. The van der Waals surface area contributed by atoms with Gasteiger partial charge in [-0.05, 0) is 53.6 Å². The Balaban J connectivity index is 1.61. The molecule has 0 aliphatic carbocycles. The Hall–Kier alpha value is -3.71. The number of rotatable bonds is 4. The average molecular weight is 516 g/mol. The fourth-order valence-electron chi connectivity index (χ4n) is 5.20. The van der Waals surface area contributed by atoms with E-state index in [1.807, 2.05) is 72.8 Å². The molecule has 36 heavy (non-hydrogen) atoms. The van der Waals surface area contributed by atoms with Crippen molar-refractivity contribution in [1.82, 2.24) is 4.98 Å². The third-order valence-corrected chi connectivity index (χ3v) is 7.48. The lowest BCUT2D eigenvalue weighted by molar-refractivity contribution is -0.126. The molecule has 178 valence electrons. The Morgan fingerprint density at radius 2 is 1.44 bits per heavy atom. The zero-order chi connectivity index (χ0) is 24.9. The maximum atomic E-state index is 14.6. The molecular formula is C28H19Cl2N3O3. The number of imide groups is 1. The van der Waals surface area contributed by atoms with Gasteiger partial charge in [-0.2, -0.15) is 0 Å². The van der Waals surface area contributed by atoms with Gasteiger partial charge in [0, 0.05) is 12.4 Å². The highest BCUT2D eigenvalue weighted by Crippen LogP contribution is 2.57. The third kappa shape index (κ3) is 3.26. The second-order valence-corrected chi connectivity index (χ2v) is 9.46. The molecule has 0 N–H and O–H groups in total. The maximum Gasteiger partial charge on any atom is 0.267 e. The van der Waals surface area contributed by atoms with Gasteiger partial charge in [-0.15, -0.1) is 0 Å². The summed E-state index contributed by atoms with van der Waals surface area (Å²) in [5.74, 6) is -0.873. The highest BCUT2D eigenvalue weighted by atomic mass is 35.5. The van der Waals surface area contributed by atoms with Crippen LogP contribution in [0.25, 0.3) is 0 Å². The van der Waals surface area contributed by atoms with Crippen LogP contribution < -0.4 is 9.96 Å². The van der Waals surface area contributed by atoms with Crippen LogP contribution in [-0.2, 0) is 19.8 Å². The number of nitrogens with zero attached hydrogens (tertiary/aromatic N) is 3. The van der Waals surface area contributed by atoms with Crippen molar-refractivity contribution in [2.45, 2.75) is 17.6 Å². The van der Waals surface area contributed by atoms with E-state index in [1.165, 1.54) is 6.07 Å². The number of para-hydroxylation sites is 1. The summed E-state index contributed by atoms with van der Waals surface area (Å²) >= 11 is 12.4. The van der Waals surface area contributed by atoms with Gasteiger partial charge in [0.15, 0.2) is 6.10 Å². The van der Waals surface area contributed by atoms with E-state index in [1.54, 1.807) is 29.6 Å². The van der Waals surface area contributed by atoms with Gasteiger partial charge in [-0.3, -0.25) is 19.4 Å². The SMILES string of the molecule is O=C1C2ON(c3ccccc3)C(c3ccncc3)C2(c2ccccc2)C(=O)N1c1ccc(Cl)c(Cl)c1. The fraction of sp³-hybridized carbons (Fsp3) is 0.107. The van der Waals surface area contributed by atoms with Crippen molar-refractivity contribution in [3.63, 3.8) is 0 Å². The number of hydrogen-bond donors (Lipinski definition) is 0. The number of pyridine rings is 1. The molecule has 0 spiro atoms. The second kappa shape index (κ2) is 8.75. The van der Waals surface area contributed by atoms with Crippen LogP contribution in [0.4, 0.5) is 11.4 Å². The first-order valence-electron chi connectivity index (χ1n) is 11.3. The Labute approximate surface area is 217 Å². The number of fused-ring (bicyclic) bond motifs is 1. The lowest BCUT2D eigenvalue weighted by Gasteiger charge is -2.35. The number of carbonyl (C=O) groups excluding carboxylic acids is 2. The van der Waals surface area contributed by atoms with Gasteiger partial charge in [-0.25, -0.2) is 9.96 Å². The van der Waals surface area contributed by atoms with E-state index < -0.39 is 29.4 Å². The van der Waals surface area contributed by atoms with E-state index >= 15 is 0 Å². The van der Waals surface area contributed by atoms with Crippen LogP contribution >= 0.6 is 23.2 Å². The molecule has 1 aromatic heterocycles. The summed E-state index contributed by atoms with van der Waals surface area (Å²) in [5.41, 5.74) is 1.16. The molecule has 4 aromatic rings. The number of carbonyl (C=O) groups is 2. The molecule has 6 nitrogen and oxygen atoms in total. The van der Waals surface area contributed by atoms with E-state index in [4.69, 9.17) is 28.0 Å². The lowest BCUT2D eigenvalue weighted by Crippen LogP contribution is -2.46. The molecule has 2 fully saturated rings. The van der Waals surface area contributed by atoms with Crippen molar-refractivity contribution in [3.8, 4) is 0 Å². The molecule has 3 aromatic carbocycles. The average Bonchev–Trinajstić information content (AvgIpc) is 3.39. The monoisotopic (exact) mass is 515 g/mol. The first kappa shape index (κ1) is 22.7. The smallest absolute Gasteiger partial charge is 0.267 e. The molecule has 2 amide bonds. The van der Waals surface area contributed by atoms with Crippen LogP contribution in [0.15, 0.2) is 103 Å². The molecule has 8 heteroatoms. The van der Waals surface area contributed by atoms with Gasteiger partial charge < -0.3 is 0 Å². The lowest BCUT2D eigenvalue weighted by atomic mass is 9.69. The minimum absolute atomic E-state index is 0.248. The predicted octanol–water partition coefficient (Wildman–Crippen LogP) is 5.76. The van der Waals surface area contributed by atoms with E-state index in [9.17, 15) is 9.59 Å². The zero-order valence-corrected chi connectivity index (χ0v) is 20.3. The first-order valence-corrected chi connectivity index (χ1v) is 12.1. The molecule has 6 rings (SSSR count). The molecule has 0 saturated carbocycles. The van der Waals surface area contributed by atoms with Gasteiger partial charge in [0.2, 0.25) is 5.91 Å². The molecule has 0 bridgehead atoms. The summed E-state index contributed by atoms with van der Waals surface area (Å²) in [6, 6.07) is 26.5. The molecule has 2 aliphatic rings. The van der Waals surface area contributed by atoms with Crippen molar-refractivity contribution in [2.24, 2.45) is 0 Å². The highest BCUT2D eigenvalue weighted by Gasteiger charge is 2.72. The zero-order valence-electron chi connectivity index (χ0n) is 18.8. The third-order valence-electron chi connectivity index (χ3n) is 6.75. The van der Waals surface area contributed by atoms with E-state index in [0.29, 0.717) is 16.3 Å². The van der Waals surface area contributed by atoms with E-state index in [2.05, 4.69) is 4.98 Å². The topological polar surface area (TPSA) is 62.7 Å². The van der Waals surface area contributed by atoms with Crippen LogP contribution in [0.2, 0.25) is 10.0 Å². The summed E-state index contributed by atoms with van der Waals surface area (Å²) in [6.07, 6.45) is 2.23. The van der Waals surface area contributed by atoms with Crippen LogP contribution in [0.5, 0.6) is 0 Å². The van der Waals surface area contributed by atoms with Crippen LogP contribution in [0.3, 0.4) is 0 Å². The van der Waals surface area contributed by atoms with Gasteiger partial charge >= 0.3 is 0 Å². The van der Waals surface area contributed by atoms with E-state index in [-0.39, 0.29) is 5.02 Å². The fourth-order valence-corrected chi connectivity index (χ4v) is 5.49. The maximum absolute atomic E-state index is 14.6. The van der Waals surface area contributed by atoms with Gasteiger partial charge in [-0.1, -0.05) is 71.7 Å². The molecular weight excluding hydrogens is 497 g/mol.